The molecule has 2 aromatic rings. The molecule has 2 rings (SSSR count). The summed E-state index contributed by atoms with van der Waals surface area (Å²) in [5, 5.41) is 14.8. The highest BCUT2D eigenvalue weighted by molar-refractivity contribution is 5.98. The number of methoxy groups -OCH3 is 1. The van der Waals surface area contributed by atoms with Crippen LogP contribution in [-0.4, -0.2) is 29.8 Å². The topological polar surface area (TPSA) is 105 Å². The molecule has 0 saturated carbocycles. The number of rotatable bonds is 5. The molecule has 1 aromatic heterocycles. The van der Waals surface area contributed by atoms with Crippen molar-refractivity contribution in [2.45, 2.75) is 13.8 Å². The Labute approximate surface area is 125 Å². The lowest BCUT2D eigenvalue weighted by Gasteiger charge is -2.07. The van der Waals surface area contributed by atoms with Crippen molar-refractivity contribution in [3.8, 4) is 17.0 Å². The average molecular weight is 306 g/mol. The van der Waals surface area contributed by atoms with Crippen LogP contribution in [0.5, 0.6) is 5.75 Å². The standard InChI is InChI=1S/C14H14N2O6/c1-4-21-14(17)12-8(2)22-15-13(12)10-7-9(16(18)19)5-6-11(10)20-3/h5-7H,4H2,1-3H3. The number of aryl methyl sites for hydroxylation is 1. The molecule has 1 aromatic carbocycles. The lowest BCUT2D eigenvalue weighted by atomic mass is 10.0. The minimum atomic E-state index is -0.607. The van der Waals surface area contributed by atoms with Crippen molar-refractivity contribution in [3.05, 3.63) is 39.6 Å². The molecular formula is C14H14N2O6. The SMILES string of the molecule is CCOC(=O)c1c(-c2cc([N+](=O)[O-])ccc2OC)noc1C. The number of aromatic nitrogens is 1. The highest BCUT2D eigenvalue weighted by atomic mass is 16.6. The fourth-order valence-electron chi connectivity index (χ4n) is 1.99. The highest BCUT2D eigenvalue weighted by Crippen LogP contribution is 2.35. The van der Waals surface area contributed by atoms with Gasteiger partial charge in [-0.1, -0.05) is 5.16 Å². The van der Waals surface area contributed by atoms with Crippen LogP contribution < -0.4 is 4.74 Å². The zero-order chi connectivity index (χ0) is 16.3. The summed E-state index contributed by atoms with van der Waals surface area (Å²) in [7, 11) is 1.42. The molecule has 0 N–H and O–H groups in total. The van der Waals surface area contributed by atoms with Crippen LogP contribution in [0.4, 0.5) is 5.69 Å². The molecule has 0 fully saturated rings. The second-order valence-corrected chi connectivity index (χ2v) is 4.32. The molecule has 0 atom stereocenters. The average Bonchev–Trinajstić information content (AvgIpc) is 2.88. The largest absolute Gasteiger partial charge is 0.496 e. The van der Waals surface area contributed by atoms with E-state index < -0.39 is 10.9 Å². The van der Waals surface area contributed by atoms with Gasteiger partial charge in [-0.3, -0.25) is 10.1 Å². The summed E-state index contributed by atoms with van der Waals surface area (Å²) in [4.78, 5) is 22.4. The van der Waals surface area contributed by atoms with E-state index in [9.17, 15) is 14.9 Å². The van der Waals surface area contributed by atoms with Crippen LogP contribution in [0.3, 0.4) is 0 Å². The molecule has 0 saturated heterocycles. The van der Waals surface area contributed by atoms with Gasteiger partial charge in [0.05, 0.1) is 24.2 Å². The number of carbonyl (C=O) groups excluding carboxylic acids is 1. The number of benzene rings is 1. The minimum absolute atomic E-state index is 0.126. The zero-order valence-corrected chi connectivity index (χ0v) is 12.3. The first-order valence-corrected chi connectivity index (χ1v) is 6.45. The number of hydrogen-bond acceptors (Lipinski definition) is 7. The Balaban J connectivity index is 2.63. The van der Waals surface area contributed by atoms with E-state index in [0.29, 0.717) is 5.75 Å². The molecule has 8 heteroatoms. The van der Waals surface area contributed by atoms with Crippen molar-refractivity contribution in [1.29, 1.82) is 0 Å². The Kier molecular flexibility index (Phi) is 4.40. The van der Waals surface area contributed by atoms with Gasteiger partial charge in [-0.25, -0.2) is 4.79 Å². The van der Waals surface area contributed by atoms with Crippen molar-refractivity contribution in [2.24, 2.45) is 0 Å². The van der Waals surface area contributed by atoms with Crippen molar-refractivity contribution < 1.29 is 23.7 Å². The molecule has 116 valence electrons. The quantitative estimate of drug-likeness (QED) is 0.475. The summed E-state index contributed by atoms with van der Waals surface area (Å²) in [6.45, 7) is 3.43. The first-order chi connectivity index (χ1) is 10.5. The molecule has 0 amide bonds. The number of nitro benzene ring substituents is 1. The number of nitro groups is 1. The van der Waals surface area contributed by atoms with Crippen molar-refractivity contribution in [3.63, 3.8) is 0 Å². The zero-order valence-electron chi connectivity index (χ0n) is 12.3. The van der Waals surface area contributed by atoms with E-state index in [2.05, 4.69) is 5.16 Å². The third-order valence-corrected chi connectivity index (χ3v) is 2.99. The van der Waals surface area contributed by atoms with Crippen molar-refractivity contribution >= 4 is 11.7 Å². The van der Waals surface area contributed by atoms with Gasteiger partial charge in [0.1, 0.15) is 22.8 Å². The van der Waals surface area contributed by atoms with Gasteiger partial charge >= 0.3 is 5.97 Å². The molecule has 8 nitrogen and oxygen atoms in total. The highest BCUT2D eigenvalue weighted by Gasteiger charge is 2.26. The lowest BCUT2D eigenvalue weighted by Crippen LogP contribution is -2.07. The van der Waals surface area contributed by atoms with Crippen LogP contribution in [-0.2, 0) is 4.74 Å². The minimum Gasteiger partial charge on any atom is -0.496 e. The van der Waals surface area contributed by atoms with Gasteiger partial charge in [0.25, 0.3) is 5.69 Å². The summed E-state index contributed by atoms with van der Waals surface area (Å²) in [6.07, 6.45) is 0. The third kappa shape index (κ3) is 2.76. The van der Waals surface area contributed by atoms with Crippen molar-refractivity contribution in [2.75, 3.05) is 13.7 Å². The van der Waals surface area contributed by atoms with Gasteiger partial charge in [0.15, 0.2) is 0 Å². The monoisotopic (exact) mass is 306 g/mol. The number of hydrogen-bond donors (Lipinski definition) is 0. The normalized spacial score (nSPS) is 10.3. The fourth-order valence-corrected chi connectivity index (χ4v) is 1.99. The molecule has 0 bridgehead atoms. The molecule has 0 spiro atoms. The molecule has 22 heavy (non-hydrogen) atoms. The Morgan fingerprint density at radius 1 is 1.45 bits per heavy atom. The van der Waals surface area contributed by atoms with E-state index >= 15 is 0 Å². The van der Waals surface area contributed by atoms with E-state index in [1.54, 1.807) is 13.8 Å². The van der Waals surface area contributed by atoms with Crippen LogP contribution in [0, 0.1) is 17.0 Å². The summed E-state index contributed by atoms with van der Waals surface area (Å²) in [6, 6.07) is 4.02. The van der Waals surface area contributed by atoms with Crippen LogP contribution >= 0.6 is 0 Å². The molecule has 0 radical (unpaired) electrons. The van der Waals surface area contributed by atoms with E-state index in [0.717, 1.165) is 0 Å². The first kappa shape index (κ1) is 15.5. The van der Waals surface area contributed by atoms with E-state index in [4.69, 9.17) is 14.0 Å². The number of carbonyl (C=O) groups is 1. The van der Waals surface area contributed by atoms with Crippen LogP contribution in [0.25, 0.3) is 11.3 Å². The maximum absolute atomic E-state index is 12.0. The van der Waals surface area contributed by atoms with Crippen molar-refractivity contribution in [1.82, 2.24) is 5.16 Å². The molecule has 0 unspecified atom stereocenters. The maximum atomic E-state index is 12.0. The van der Waals surface area contributed by atoms with Gasteiger partial charge in [0.2, 0.25) is 0 Å². The first-order valence-electron chi connectivity index (χ1n) is 6.45. The Bertz CT molecular complexity index is 722. The Hall–Kier alpha value is -2.90. The van der Waals surface area contributed by atoms with Crippen LogP contribution in [0.1, 0.15) is 23.0 Å². The van der Waals surface area contributed by atoms with Gasteiger partial charge in [-0.15, -0.1) is 0 Å². The number of non-ortho nitro benzene ring substituents is 1. The van der Waals surface area contributed by atoms with Gasteiger partial charge in [0, 0.05) is 12.1 Å². The second-order valence-electron chi connectivity index (χ2n) is 4.32. The fraction of sp³-hybridized carbons (Fsp3) is 0.286. The number of esters is 1. The molecule has 0 aliphatic rings. The molecule has 0 aliphatic heterocycles. The molecule has 0 aliphatic carbocycles. The van der Waals surface area contributed by atoms with Crippen LogP contribution in [0.15, 0.2) is 22.7 Å². The number of nitrogens with zero attached hydrogens (tertiary/aromatic N) is 2. The second kappa shape index (κ2) is 6.25. The third-order valence-electron chi connectivity index (χ3n) is 2.99. The summed E-state index contributed by atoms with van der Waals surface area (Å²) >= 11 is 0. The van der Waals surface area contributed by atoms with Crippen LogP contribution in [0.2, 0.25) is 0 Å². The maximum Gasteiger partial charge on any atom is 0.344 e. The van der Waals surface area contributed by atoms with E-state index in [-0.39, 0.29) is 34.9 Å². The predicted octanol–water partition coefficient (Wildman–Crippen LogP) is 2.74. The van der Waals surface area contributed by atoms with Gasteiger partial charge < -0.3 is 14.0 Å². The summed E-state index contributed by atoms with van der Waals surface area (Å²) in [5.74, 6) is -0.00346. The van der Waals surface area contributed by atoms with E-state index in [1.807, 2.05) is 0 Å². The smallest absolute Gasteiger partial charge is 0.344 e. The Morgan fingerprint density at radius 2 is 2.18 bits per heavy atom. The molecule has 1 heterocycles. The summed E-state index contributed by atoms with van der Waals surface area (Å²) in [5.41, 5.74) is 0.417. The van der Waals surface area contributed by atoms with E-state index in [1.165, 1.54) is 25.3 Å². The lowest BCUT2D eigenvalue weighted by molar-refractivity contribution is -0.384. The Morgan fingerprint density at radius 3 is 2.77 bits per heavy atom. The predicted molar refractivity (Wildman–Crippen MR) is 75.8 cm³/mol. The summed E-state index contributed by atoms with van der Waals surface area (Å²) < 4.78 is 15.2. The number of ether oxygens (including phenoxy) is 2. The molecular weight excluding hydrogens is 292 g/mol. The van der Waals surface area contributed by atoms with Gasteiger partial charge in [-0.2, -0.15) is 0 Å². The van der Waals surface area contributed by atoms with Gasteiger partial charge in [-0.05, 0) is 19.9 Å².